The summed E-state index contributed by atoms with van der Waals surface area (Å²) in [7, 11) is 1.29. The number of rotatable bonds is 10. The van der Waals surface area contributed by atoms with Crippen molar-refractivity contribution in [2.75, 3.05) is 32.1 Å². The predicted molar refractivity (Wildman–Crippen MR) is 116 cm³/mol. The third-order valence-corrected chi connectivity index (χ3v) is 4.30. The molecular formula is C20H24F3N5O2S. The molecule has 0 saturated heterocycles. The van der Waals surface area contributed by atoms with E-state index in [1.807, 2.05) is 13.0 Å². The summed E-state index contributed by atoms with van der Waals surface area (Å²) in [6.07, 6.45) is -0.362. The fourth-order valence-electron chi connectivity index (χ4n) is 2.52. The Bertz CT molecular complexity index is 922. The molecule has 11 heteroatoms. The number of methoxy groups -OCH3 is 1. The summed E-state index contributed by atoms with van der Waals surface area (Å²) in [5, 5.41) is 17.6. The van der Waals surface area contributed by atoms with Crippen molar-refractivity contribution in [3.63, 3.8) is 0 Å². The van der Waals surface area contributed by atoms with Crippen LogP contribution in [0, 0.1) is 0 Å². The molecule has 4 N–H and O–H groups in total. The Labute approximate surface area is 183 Å². The van der Waals surface area contributed by atoms with Crippen LogP contribution in [0.4, 0.5) is 24.8 Å². The molecule has 0 aliphatic heterocycles. The zero-order valence-electron chi connectivity index (χ0n) is 17.1. The van der Waals surface area contributed by atoms with Gasteiger partial charge in [-0.25, -0.2) is 9.97 Å². The molecule has 2 rings (SSSR count). The quantitative estimate of drug-likeness (QED) is 0.320. The Morgan fingerprint density at radius 2 is 2.03 bits per heavy atom. The zero-order valence-corrected chi connectivity index (χ0v) is 17.9. The van der Waals surface area contributed by atoms with Crippen molar-refractivity contribution in [3.05, 3.63) is 53.5 Å². The highest BCUT2D eigenvalue weighted by Gasteiger charge is 2.31. The van der Waals surface area contributed by atoms with Crippen molar-refractivity contribution < 1.29 is 23.0 Å². The van der Waals surface area contributed by atoms with Crippen LogP contribution < -0.4 is 20.7 Å². The van der Waals surface area contributed by atoms with Crippen LogP contribution in [0.1, 0.15) is 24.6 Å². The third-order valence-electron chi connectivity index (χ3n) is 3.98. The minimum Gasteiger partial charge on any atom is -0.497 e. The molecule has 0 aliphatic carbocycles. The number of hydrogen-bond acceptors (Lipinski definition) is 7. The molecule has 0 aliphatic rings. The van der Waals surface area contributed by atoms with Gasteiger partial charge in [0, 0.05) is 30.2 Å². The van der Waals surface area contributed by atoms with Gasteiger partial charge in [-0.15, -0.1) is 0 Å². The minimum atomic E-state index is -4.52. The maximum Gasteiger partial charge on any atom is 0.416 e. The fraction of sp³-hybridized carbons (Fsp3) is 0.350. The largest absolute Gasteiger partial charge is 0.497 e. The fourth-order valence-corrected chi connectivity index (χ4v) is 2.79. The number of thiocarbonyl (C=S) groups is 1. The molecule has 1 aromatic heterocycles. The van der Waals surface area contributed by atoms with Gasteiger partial charge >= 0.3 is 6.18 Å². The summed E-state index contributed by atoms with van der Waals surface area (Å²) >= 11 is 5.36. The van der Waals surface area contributed by atoms with Gasteiger partial charge in [0.2, 0.25) is 5.95 Å². The van der Waals surface area contributed by atoms with E-state index in [1.165, 1.54) is 19.4 Å². The molecule has 1 aromatic carbocycles. The molecule has 0 fully saturated rings. The second-order valence-electron chi connectivity index (χ2n) is 6.44. The van der Waals surface area contributed by atoms with Crippen molar-refractivity contribution in [1.82, 2.24) is 20.6 Å². The first-order valence-corrected chi connectivity index (χ1v) is 9.80. The van der Waals surface area contributed by atoms with Gasteiger partial charge in [-0.3, -0.25) is 0 Å². The highest BCUT2D eigenvalue weighted by Crippen LogP contribution is 2.34. The Morgan fingerprint density at radius 1 is 1.26 bits per heavy atom. The van der Waals surface area contributed by atoms with Gasteiger partial charge in [-0.1, -0.05) is 18.3 Å². The summed E-state index contributed by atoms with van der Waals surface area (Å²) < 4.78 is 44.3. The molecule has 2 aromatic rings. The number of aliphatic hydroxyl groups is 1. The maximum absolute atomic E-state index is 13.1. The number of aromatic nitrogens is 2. The van der Waals surface area contributed by atoms with Crippen LogP contribution in [-0.4, -0.2) is 46.9 Å². The lowest BCUT2D eigenvalue weighted by Gasteiger charge is -2.13. The molecule has 0 amide bonds. The number of anilines is 2. The van der Waals surface area contributed by atoms with Gasteiger partial charge in [-0.2, -0.15) is 13.2 Å². The first-order chi connectivity index (χ1) is 14.7. The Balaban J connectivity index is 2.08. The SMILES string of the molecule is COc1cc(Nc2nccc(C(=S)N/C(C)=C/CCNCCO)n2)cc(C(F)(F)F)c1. The molecule has 1 heterocycles. The van der Waals surface area contributed by atoms with Crippen molar-refractivity contribution in [3.8, 4) is 5.75 Å². The summed E-state index contributed by atoms with van der Waals surface area (Å²) in [5.74, 6) is 0.151. The van der Waals surface area contributed by atoms with E-state index in [-0.39, 0.29) is 24.0 Å². The number of alkyl halides is 3. The Kier molecular flexibility index (Phi) is 9.16. The summed E-state index contributed by atoms with van der Waals surface area (Å²) in [4.78, 5) is 8.67. The average Bonchev–Trinajstić information content (AvgIpc) is 2.72. The van der Waals surface area contributed by atoms with E-state index in [0.29, 0.717) is 23.8 Å². The van der Waals surface area contributed by atoms with Gasteiger partial charge in [0.05, 0.1) is 19.3 Å². The van der Waals surface area contributed by atoms with E-state index in [1.54, 1.807) is 6.07 Å². The molecule has 0 bridgehead atoms. The van der Waals surface area contributed by atoms with Crippen LogP contribution in [0.5, 0.6) is 5.75 Å². The lowest BCUT2D eigenvalue weighted by molar-refractivity contribution is -0.137. The normalized spacial score (nSPS) is 11.9. The number of hydrogen-bond donors (Lipinski definition) is 4. The highest BCUT2D eigenvalue weighted by molar-refractivity contribution is 7.80. The van der Waals surface area contributed by atoms with E-state index in [9.17, 15) is 13.2 Å². The highest BCUT2D eigenvalue weighted by atomic mass is 32.1. The number of ether oxygens (including phenoxy) is 1. The maximum atomic E-state index is 13.1. The van der Waals surface area contributed by atoms with Crippen LogP contribution in [0.25, 0.3) is 0 Å². The molecule has 7 nitrogen and oxygen atoms in total. The lowest BCUT2D eigenvalue weighted by atomic mass is 10.2. The Hall–Kier alpha value is -2.76. The van der Waals surface area contributed by atoms with E-state index in [4.69, 9.17) is 22.1 Å². The van der Waals surface area contributed by atoms with E-state index >= 15 is 0 Å². The van der Waals surface area contributed by atoms with Crippen LogP contribution in [-0.2, 0) is 6.18 Å². The van der Waals surface area contributed by atoms with Crippen molar-refractivity contribution in [2.24, 2.45) is 0 Å². The average molecular weight is 456 g/mol. The number of aliphatic hydroxyl groups excluding tert-OH is 1. The zero-order chi connectivity index (χ0) is 22.9. The summed E-state index contributed by atoms with van der Waals surface area (Å²) in [5.41, 5.74) is 0.523. The van der Waals surface area contributed by atoms with Crippen molar-refractivity contribution >= 4 is 28.8 Å². The molecule has 31 heavy (non-hydrogen) atoms. The second kappa shape index (κ2) is 11.6. The molecule has 168 valence electrons. The third kappa shape index (κ3) is 8.12. The van der Waals surface area contributed by atoms with Crippen LogP contribution in [0.2, 0.25) is 0 Å². The molecule has 0 saturated carbocycles. The number of nitrogens with zero attached hydrogens (tertiary/aromatic N) is 2. The molecule has 0 spiro atoms. The molecule has 0 unspecified atom stereocenters. The molecule has 0 atom stereocenters. The van der Waals surface area contributed by atoms with Crippen molar-refractivity contribution in [2.45, 2.75) is 19.5 Å². The monoisotopic (exact) mass is 455 g/mol. The summed E-state index contributed by atoms with van der Waals surface area (Å²) in [6.45, 7) is 3.19. The Morgan fingerprint density at radius 3 is 2.71 bits per heavy atom. The van der Waals surface area contributed by atoms with Gasteiger partial charge in [0.15, 0.2) is 0 Å². The molecular weight excluding hydrogens is 431 g/mol. The predicted octanol–water partition coefficient (Wildman–Crippen LogP) is 3.39. The lowest BCUT2D eigenvalue weighted by Crippen LogP contribution is -2.22. The van der Waals surface area contributed by atoms with Crippen LogP contribution in [0.15, 0.2) is 42.2 Å². The number of allylic oxidation sites excluding steroid dienone is 1. The van der Waals surface area contributed by atoms with Gasteiger partial charge in [-0.05, 0) is 38.1 Å². The van der Waals surface area contributed by atoms with Gasteiger partial charge < -0.3 is 25.8 Å². The number of benzene rings is 1. The standard InChI is InChI=1S/C20H24F3N5O2S/c1-13(4-3-6-24-8-9-29)26-18(31)17-5-7-25-19(28-17)27-15-10-14(20(21,22)23)11-16(12-15)30-2/h4-5,7,10-12,24,29H,3,6,8-9H2,1-2H3,(H,26,31)(H,25,27,28)/b13-4+. The van der Waals surface area contributed by atoms with Crippen LogP contribution in [0.3, 0.4) is 0 Å². The minimum absolute atomic E-state index is 0.0555. The van der Waals surface area contributed by atoms with E-state index < -0.39 is 11.7 Å². The van der Waals surface area contributed by atoms with Crippen molar-refractivity contribution in [1.29, 1.82) is 0 Å². The molecule has 0 radical (unpaired) electrons. The number of nitrogens with one attached hydrogen (secondary N) is 3. The van der Waals surface area contributed by atoms with E-state index in [0.717, 1.165) is 24.3 Å². The first-order valence-electron chi connectivity index (χ1n) is 9.39. The summed E-state index contributed by atoms with van der Waals surface area (Å²) in [6, 6.07) is 4.88. The van der Waals surface area contributed by atoms with Gasteiger partial charge in [0.25, 0.3) is 0 Å². The topological polar surface area (TPSA) is 91.3 Å². The van der Waals surface area contributed by atoms with Gasteiger partial charge in [0.1, 0.15) is 16.4 Å². The van der Waals surface area contributed by atoms with Crippen LogP contribution >= 0.6 is 12.2 Å². The smallest absolute Gasteiger partial charge is 0.416 e. The number of halogens is 3. The first kappa shape index (κ1) is 24.5. The second-order valence-corrected chi connectivity index (χ2v) is 6.85. The van der Waals surface area contributed by atoms with E-state index in [2.05, 4.69) is 25.9 Å².